The Labute approximate surface area is 762 Å². The molecule has 6 aromatic heterocycles. The summed E-state index contributed by atoms with van der Waals surface area (Å²) in [6.45, 7) is 40.3. The summed E-state index contributed by atoms with van der Waals surface area (Å²) < 4.78 is 78.6. The minimum Gasteiger partial charge on any atom is -0.491 e. The van der Waals surface area contributed by atoms with Crippen molar-refractivity contribution in [2.75, 3.05) is 49.8 Å². The molecule has 128 heavy (non-hydrogen) atoms. The summed E-state index contributed by atoms with van der Waals surface area (Å²) in [6, 6.07) is 27.9. The predicted molar refractivity (Wildman–Crippen MR) is 507 cm³/mol. The Bertz CT molecular complexity index is 4920. The number of aromatic nitrogens is 9. The van der Waals surface area contributed by atoms with Gasteiger partial charge in [-0.25, -0.2) is 44.3 Å². The smallest absolute Gasteiger partial charge is 0.407 e. The van der Waals surface area contributed by atoms with Crippen LogP contribution in [0, 0.1) is 6.57 Å². The number of nitrogen functional groups attached to an aromatic ring is 2. The van der Waals surface area contributed by atoms with E-state index in [0.29, 0.717) is 76.0 Å². The summed E-state index contributed by atoms with van der Waals surface area (Å²) in [5, 5.41) is 29.6. The van der Waals surface area contributed by atoms with Crippen LogP contribution in [0.3, 0.4) is 0 Å². The molecule has 0 bridgehead atoms. The first-order valence-electron chi connectivity index (χ1n) is 42.2. The molecule has 37 heteroatoms. The molecule has 2 unspecified atom stereocenters. The fourth-order valence-corrected chi connectivity index (χ4v) is 19.7. The van der Waals surface area contributed by atoms with E-state index in [4.69, 9.17) is 100 Å². The van der Waals surface area contributed by atoms with Gasteiger partial charge in [-0.15, -0.1) is 9.24 Å². The second-order valence-corrected chi connectivity index (χ2v) is 40.5. The summed E-state index contributed by atoms with van der Waals surface area (Å²) in [5.74, 6) is 3.07. The zero-order valence-electron chi connectivity index (χ0n) is 75.6. The molecular formula is C91H138BClN16O17P2. The second-order valence-electron chi connectivity index (χ2n) is 35.1. The highest BCUT2D eigenvalue weighted by Crippen LogP contribution is 2.54. The number of nitrogens with one attached hydrogen (secondary N) is 2. The van der Waals surface area contributed by atoms with Crippen molar-refractivity contribution in [3.8, 4) is 17.2 Å². The van der Waals surface area contributed by atoms with Gasteiger partial charge in [-0.05, 0) is 180 Å². The number of anilines is 2. The van der Waals surface area contributed by atoms with Crippen LogP contribution in [-0.2, 0) is 62.3 Å². The van der Waals surface area contributed by atoms with Crippen molar-refractivity contribution in [3.63, 3.8) is 0 Å². The van der Waals surface area contributed by atoms with Crippen molar-refractivity contribution in [2.24, 2.45) is 5.73 Å². The van der Waals surface area contributed by atoms with Gasteiger partial charge in [0.2, 0.25) is 0 Å². The fourth-order valence-electron chi connectivity index (χ4n) is 15.4. The van der Waals surface area contributed by atoms with Gasteiger partial charge in [0.1, 0.15) is 160 Å². The van der Waals surface area contributed by atoms with E-state index >= 15 is 0 Å². The van der Waals surface area contributed by atoms with Gasteiger partial charge in [0, 0.05) is 38.2 Å². The molecule has 33 nitrogen and oxygen atoms in total. The first-order chi connectivity index (χ1) is 58.6. The molecule has 3 aromatic carbocycles. The topological polar surface area (TPSA) is 450 Å². The van der Waals surface area contributed by atoms with Crippen LogP contribution < -0.4 is 48.2 Å². The maximum Gasteiger partial charge on any atom is 0.407 e. The number of aliphatic hydroxyl groups is 2. The van der Waals surface area contributed by atoms with Gasteiger partial charge in [0.05, 0.1) is 30.6 Å². The number of alkyl carbamates (subject to hydrolysis) is 2. The van der Waals surface area contributed by atoms with Crippen LogP contribution in [0.25, 0.3) is 37.9 Å². The lowest BCUT2D eigenvalue weighted by Crippen LogP contribution is -2.47. The maximum atomic E-state index is 12.0. The Kier molecular flexibility index (Phi) is 39.0. The van der Waals surface area contributed by atoms with Gasteiger partial charge in [0.25, 0.3) is 0 Å². The summed E-state index contributed by atoms with van der Waals surface area (Å²) in [7, 11) is 7.51. The molecule has 14 rings (SSSR count). The number of unbranched alkanes of at least 4 members (excludes halogenated alkanes) is 3. The number of benzene rings is 3. The van der Waals surface area contributed by atoms with Gasteiger partial charge in [-0.2, -0.15) is 0 Å². The Morgan fingerprint density at radius 3 is 1.34 bits per heavy atom. The van der Waals surface area contributed by atoms with Crippen LogP contribution in [0.4, 0.5) is 21.2 Å². The molecule has 5 saturated heterocycles. The van der Waals surface area contributed by atoms with Crippen LogP contribution in [0.5, 0.6) is 17.2 Å². The number of hydrogen-bond donors (Lipinski definition) is 8. The predicted octanol–water partition coefficient (Wildman–Crippen LogP) is 15.6. The number of nitrogens with two attached hydrogens (primary N) is 3. The quantitative estimate of drug-likeness (QED) is 0.0108. The fraction of sp³-hybridized carbons (Fsp3) is 0.560. The van der Waals surface area contributed by atoms with E-state index in [1.165, 1.54) is 82.9 Å². The van der Waals surface area contributed by atoms with Crippen LogP contribution in [0.1, 0.15) is 206 Å². The minimum atomic E-state index is -1.52. The molecule has 0 saturated carbocycles. The number of amides is 2. The molecule has 0 spiro atoms. The van der Waals surface area contributed by atoms with E-state index in [-0.39, 0.29) is 51.9 Å². The van der Waals surface area contributed by atoms with E-state index in [2.05, 4.69) is 75.4 Å². The number of carbonyl (C=O) groups excluding carboxylic acids is 2. The maximum absolute atomic E-state index is 12.0. The summed E-state index contributed by atoms with van der Waals surface area (Å²) in [4.78, 5) is 52.8. The third-order valence-electron chi connectivity index (χ3n) is 21.5. The molecule has 15 N–H and O–H groups in total. The van der Waals surface area contributed by atoms with Crippen molar-refractivity contribution in [2.45, 2.75) is 291 Å². The number of aliphatic hydroxyl groups excluding tert-OH is 1. The van der Waals surface area contributed by atoms with Crippen molar-refractivity contribution >= 4 is 98.4 Å². The van der Waals surface area contributed by atoms with Gasteiger partial charge >= 0.3 is 12.2 Å². The van der Waals surface area contributed by atoms with Crippen LogP contribution in [-0.4, -0.2) is 205 Å². The normalized spacial score (nSPS) is 23.5. The molecule has 5 aliphatic rings. The number of hydrogen-bond acceptors (Lipinski definition) is 26. The number of fused-ring (bicyclic) bond motifs is 5. The lowest BCUT2D eigenvalue weighted by atomic mass is 9.95. The Balaban J connectivity index is 0.000000266. The Hall–Kier alpha value is -8.85. The largest absolute Gasteiger partial charge is 0.491 e. The van der Waals surface area contributed by atoms with Crippen molar-refractivity contribution in [1.82, 2.24) is 60.4 Å². The molecule has 2 amide bonds. The monoisotopic (exact) mass is 1830 g/mol. The Morgan fingerprint density at radius 2 is 0.961 bits per heavy atom. The summed E-state index contributed by atoms with van der Waals surface area (Å²) in [5.41, 5.74) is 18.1. The van der Waals surface area contributed by atoms with E-state index < -0.39 is 114 Å². The highest BCUT2D eigenvalue weighted by molar-refractivity contribution is 7.75. The zero-order chi connectivity index (χ0) is 90.3. The standard InChI is InChI=1S/C27H33ClN4O6.C27H35N5O6.C19H23N5O4.C14H28NP.C2H6BP.2CH4.H3N.H2O/c2*1-25(2,3)37-24(33)29-13-16-8-7-9-17(12-16)34-14-19-27(6)20(36-26(4,5)38-27)23(35-19)32-11-10-18-21(28)30-15-31-22(18)32;1-19(26)14(9-27-12-4-2-3-11(7-12)8-20)28-18(15(19)25)24-6-5-13-16(21)22-10-23-17(13)24;1-5-8-11-16(14-15-4,12-9-6-2)13-10-7-3;1-2(3)4;;;;/h7-12,15,19-20,23H,13-14H2,1-6H3,(H,29,33);7-12,15,19-20,23H,13-14H2,1-6H3,(H,29,33)(H2,28,30,31);2-7,10,14-15,18,25-26H,8-9,20H2,1H3,(H2,21,22,23);14H,5-13H2,1-3H3;2H,4H2,1H3;2*1H4;1H3;1H2/t2*19-,20+,23-,27-;14-,15+,18-,19-;;;;;;/m111....../s1. The minimum absolute atomic E-state index is 0. The molecule has 0 aliphatic carbocycles. The SMILES string of the molecule is C.C.CC(C)(C)OC(=O)NCc1cccc(OC[C@H]2O[C@@H](n3ccc4c(Cl)ncnc43)[C@@H]3OC(C)(C)O[C@]23C)c1.CC(C)(C)OC(=O)NCc1cccc(OC[C@H]2O[C@@H](n3ccc4c(N)ncnc43)[C@@H]3OC(C)(C)O[C@]23C)c1.C[C@@]1(O)[C@@H](COc2cccc(CN)c2)O[C@@H](n2ccc3c(N)ncnc32)[C@@H]1O.N.O.[B]C(C)P.[C-]#[N+]C=P(CCCC)(CCCC)CCCC. The lowest BCUT2D eigenvalue weighted by Gasteiger charge is -2.29. The van der Waals surface area contributed by atoms with E-state index in [0.717, 1.165) is 27.5 Å². The third-order valence-corrected chi connectivity index (χ3v) is 26.0. The van der Waals surface area contributed by atoms with Crippen LogP contribution in [0.15, 0.2) is 129 Å². The number of halogens is 1. The van der Waals surface area contributed by atoms with E-state index in [9.17, 15) is 19.8 Å². The molecule has 2 radical (unpaired) electrons. The van der Waals surface area contributed by atoms with E-state index in [1.54, 1.807) is 22.9 Å². The molecule has 704 valence electrons. The molecular weight excluding hydrogens is 1700 g/mol. The lowest BCUT2D eigenvalue weighted by molar-refractivity contribution is -0.213. The summed E-state index contributed by atoms with van der Waals surface area (Å²) in [6.07, 6.45) is 14.9. The van der Waals surface area contributed by atoms with E-state index in [1.807, 2.05) is 196 Å². The molecule has 11 heterocycles. The second kappa shape index (κ2) is 46.3. The average molecular weight is 1840 g/mol. The number of rotatable bonds is 26. The molecule has 14 atom stereocenters. The number of ether oxygens (including phenoxy) is 12. The van der Waals surface area contributed by atoms with Crippen LogP contribution in [0.2, 0.25) is 5.15 Å². The molecule has 9 aromatic rings. The average Bonchev–Trinajstić information content (AvgIpc) is 1.56. The third kappa shape index (κ3) is 27.4. The van der Waals surface area contributed by atoms with Gasteiger partial charge in [-0.1, -0.05) is 142 Å². The van der Waals surface area contributed by atoms with Crippen molar-refractivity contribution in [3.05, 3.63) is 162 Å². The molecule has 5 fully saturated rings. The number of carbonyl (C=O) groups is 2. The first-order valence-corrected chi connectivity index (χ1v) is 45.6. The number of nitrogens with zero attached hydrogens (tertiary/aromatic N) is 10. The van der Waals surface area contributed by atoms with Gasteiger partial charge in [-0.3, -0.25) is 0 Å². The highest BCUT2D eigenvalue weighted by Gasteiger charge is 2.66. The first kappa shape index (κ1) is 108. The van der Waals surface area contributed by atoms with Gasteiger partial charge < -0.3 is 120 Å². The molecule has 5 aliphatic heterocycles. The summed E-state index contributed by atoms with van der Waals surface area (Å²) >= 11 is 6.28. The van der Waals surface area contributed by atoms with Crippen LogP contribution >= 0.6 is 27.7 Å². The van der Waals surface area contributed by atoms with Crippen molar-refractivity contribution < 1.29 is 82.1 Å². The highest BCUT2D eigenvalue weighted by atomic mass is 35.5. The zero-order valence-corrected chi connectivity index (χ0v) is 78.4. The Morgan fingerprint density at radius 1 is 0.609 bits per heavy atom. The van der Waals surface area contributed by atoms with Gasteiger partial charge in [0.15, 0.2) is 30.3 Å². The van der Waals surface area contributed by atoms with Crippen molar-refractivity contribution in [1.29, 1.82) is 0 Å².